The Kier molecular flexibility index (Phi) is 7.37. The highest BCUT2D eigenvalue weighted by Gasteiger charge is 2.44. The molecular formula is C54H51NSi. The van der Waals surface area contributed by atoms with Crippen molar-refractivity contribution >= 4 is 30.3 Å². The summed E-state index contributed by atoms with van der Waals surface area (Å²) in [5, 5.41) is 1.53. The van der Waals surface area contributed by atoms with Crippen molar-refractivity contribution in [3.8, 4) is 44.5 Å². The van der Waals surface area contributed by atoms with Gasteiger partial charge in [-0.05, 0) is 115 Å². The molecule has 0 amide bonds. The number of anilines is 3. The summed E-state index contributed by atoms with van der Waals surface area (Å²) in [6, 6.07) is 55.6. The summed E-state index contributed by atoms with van der Waals surface area (Å²) in [5.41, 5.74) is 22.4. The first-order valence-electron chi connectivity index (χ1n) is 20.4. The van der Waals surface area contributed by atoms with Crippen LogP contribution in [-0.4, -0.2) is 8.07 Å². The molecule has 2 heteroatoms. The van der Waals surface area contributed by atoms with Crippen molar-refractivity contribution in [2.24, 2.45) is 0 Å². The number of nitrogens with zero attached hydrogens (tertiary/aromatic N) is 1. The monoisotopic (exact) mass is 741 g/mol. The van der Waals surface area contributed by atoms with Crippen LogP contribution in [0.3, 0.4) is 0 Å². The second-order valence-electron chi connectivity index (χ2n) is 19.1. The minimum absolute atomic E-state index is 0.0925. The van der Waals surface area contributed by atoms with E-state index in [0.29, 0.717) is 0 Å². The molecule has 0 saturated heterocycles. The van der Waals surface area contributed by atoms with Gasteiger partial charge in [-0.3, -0.25) is 0 Å². The van der Waals surface area contributed by atoms with E-state index in [2.05, 4.69) is 212 Å². The Labute approximate surface area is 334 Å². The predicted molar refractivity (Wildman–Crippen MR) is 242 cm³/mol. The highest BCUT2D eigenvalue weighted by atomic mass is 28.3. The first kappa shape index (κ1) is 35.0. The largest absolute Gasteiger partial charge is 0.310 e. The minimum Gasteiger partial charge on any atom is -0.310 e. The Morgan fingerprint density at radius 1 is 0.375 bits per heavy atom. The van der Waals surface area contributed by atoms with E-state index >= 15 is 0 Å². The van der Waals surface area contributed by atoms with Crippen LogP contribution in [0.5, 0.6) is 0 Å². The fraction of sp³-hybridized carbons (Fsp3) is 0.222. The fourth-order valence-electron chi connectivity index (χ4n) is 10.3. The summed E-state index contributed by atoms with van der Waals surface area (Å²) < 4.78 is 0. The van der Waals surface area contributed by atoms with Crippen molar-refractivity contribution in [2.75, 3.05) is 4.90 Å². The van der Waals surface area contributed by atoms with Gasteiger partial charge in [-0.1, -0.05) is 169 Å². The van der Waals surface area contributed by atoms with Gasteiger partial charge in [-0.25, -0.2) is 0 Å². The number of rotatable bonds is 5. The molecule has 0 spiro atoms. The maximum atomic E-state index is 2.58. The van der Waals surface area contributed by atoms with Gasteiger partial charge < -0.3 is 4.90 Å². The maximum Gasteiger partial charge on any atom is 0.0776 e. The van der Waals surface area contributed by atoms with E-state index in [4.69, 9.17) is 0 Å². The molecule has 7 aromatic carbocycles. The lowest BCUT2D eigenvalue weighted by atomic mass is 9.79. The third kappa shape index (κ3) is 4.91. The zero-order valence-corrected chi connectivity index (χ0v) is 35.3. The van der Waals surface area contributed by atoms with Crippen molar-refractivity contribution in [1.82, 2.24) is 0 Å². The fourth-order valence-corrected chi connectivity index (χ4v) is 11.5. The Balaban J connectivity index is 1.19. The van der Waals surface area contributed by atoms with E-state index in [0.717, 1.165) is 5.69 Å². The summed E-state index contributed by atoms with van der Waals surface area (Å²) in [4.78, 5) is 2.53. The molecule has 0 unspecified atom stereocenters. The lowest BCUT2D eigenvalue weighted by Crippen LogP contribution is -2.38. The molecule has 0 aliphatic heterocycles. The molecule has 56 heavy (non-hydrogen) atoms. The average Bonchev–Trinajstić information content (AvgIpc) is 3.67. The van der Waals surface area contributed by atoms with E-state index in [9.17, 15) is 0 Å². The van der Waals surface area contributed by atoms with Gasteiger partial charge in [-0.2, -0.15) is 0 Å². The maximum absolute atomic E-state index is 2.58. The number of hydrogen-bond donors (Lipinski definition) is 0. The molecule has 0 bridgehead atoms. The van der Waals surface area contributed by atoms with Crippen LogP contribution in [0.25, 0.3) is 44.5 Å². The second kappa shape index (κ2) is 11.8. The number of hydrogen-bond acceptors (Lipinski definition) is 1. The van der Waals surface area contributed by atoms with Gasteiger partial charge >= 0.3 is 0 Å². The van der Waals surface area contributed by atoms with Crippen LogP contribution in [0.4, 0.5) is 17.1 Å². The van der Waals surface area contributed by atoms with E-state index in [1.807, 2.05) is 0 Å². The Morgan fingerprint density at radius 2 is 0.893 bits per heavy atom. The van der Waals surface area contributed by atoms with Crippen LogP contribution >= 0.6 is 0 Å². The summed E-state index contributed by atoms with van der Waals surface area (Å²) in [5.74, 6) is 0. The second-order valence-corrected chi connectivity index (χ2v) is 24.1. The molecule has 0 heterocycles. The van der Waals surface area contributed by atoms with Gasteiger partial charge in [0, 0.05) is 33.2 Å². The van der Waals surface area contributed by atoms with E-state index in [-0.39, 0.29) is 16.2 Å². The summed E-state index contributed by atoms with van der Waals surface area (Å²) in [6.07, 6.45) is 0. The van der Waals surface area contributed by atoms with E-state index in [1.165, 1.54) is 94.4 Å². The first-order valence-corrected chi connectivity index (χ1v) is 23.9. The molecular weight excluding hydrogens is 691 g/mol. The van der Waals surface area contributed by atoms with Gasteiger partial charge in [0.1, 0.15) is 0 Å². The van der Waals surface area contributed by atoms with Crippen LogP contribution in [0.15, 0.2) is 146 Å². The molecule has 3 aliphatic carbocycles. The standard InChI is InChI=1S/C54H51NSi/c1-52(2)44-19-14-13-18-39(44)40-28-26-37(30-46(40)52)55(36-24-22-35(23-25-36)34-16-11-10-12-17-34)50-21-15-20-45-51(50)43-33-48-42(32-49(43)53(45,3)4)41-29-27-38(56(7,8)9)31-47(41)54(48,5)6/h10-33H,1-9H3. The predicted octanol–water partition coefficient (Wildman–Crippen LogP) is 14.3. The topological polar surface area (TPSA) is 3.24 Å². The summed E-state index contributed by atoms with van der Waals surface area (Å²) in [6.45, 7) is 21.9. The highest BCUT2D eigenvalue weighted by molar-refractivity contribution is 6.88. The third-order valence-corrected chi connectivity index (χ3v) is 15.7. The molecule has 0 N–H and O–H groups in total. The van der Waals surface area contributed by atoms with E-state index < -0.39 is 8.07 Å². The van der Waals surface area contributed by atoms with E-state index in [1.54, 1.807) is 0 Å². The normalized spacial score (nSPS) is 16.0. The zero-order chi connectivity index (χ0) is 38.9. The molecule has 0 radical (unpaired) electrons. The van der Waals surface area contributed by atoms with Crippen LogP contribution in [-0.2, 0) is 16.2 Å². The molecule has 0 aromatic heterocycles. The van der Waals surface area contributed by atoms with Gasteiger partial charge in [0.05, 0.1) is 13.8 Å². The van der Waals surface area contributed by atoms with Gasteiger partial charge in [0.2, 0.25) is 0 Å². The molecule has 10 rings (SSSR count). The van der Waals surface area contributed by atoms with Crippen LogP contribution in [0.2, 0.25) is 19.6 Å². The number of benzene rings is 7. The SMILES string of the molecule is CC1(C)c2ccccc2-c2ccc(N(c3ccc(-c4ccccc4)cc3)c3cccc4c3-c3cc5c(cc3C4(C)C)-c3ccc([Si](C)(C)C)cc3C5(C)C)cc21. The van der Waals surface area contributed by atoms with Crippen molar-refractivity contribution in [3.63, 3.8) is 0 Å². The van der Waals surface area contributed by atoms with Gasteiger partial charge in [0.25, 0.3) is 0 Å². The van der Waals surface area contributed by atoms with Crippen molar-refractivity contribution < 1.29 is 0 Å². The lowest BCUT2D eigenvalue weighted by molar-refractivity contribution is 0.652. The van der Waals surface area contributed by atoms with Crippen LogP contribution in [0, 0.1) is 0 Å². The van der Waals surface area contributed by atoms with Gasteiger partial charge in [-0.15, -0.1) is 0 Å². The lowest BCUT2D eigenvalue weighted by Gasteiger charge is -2.30. The van der Waals surface area contributed by atoms with Crippen molar-refractivity contribution in [1.29, 1.82) is 0 Å². The Morgan fingerprint density at radius 3 is 1.64 bits per heavy atom. The Bertz CT molecular complexity index is 2740. The molecule has 0 atom stereocenters. The first-order chi connectivity index (χ1) is 26.7. The van der Waals surface area contributed by atoms with Crippen LogP contribution in [0.1, 0.15) is 74.9 Å². The minimum atomic E-state index is -1.48. The van der Waals surface area contributed by atoms with Gasteiger partial charge in [0.15, 0.2) is 0 Å². The highest BCUT2D eigenvalue weighted by Crippen LogP contribution is 2.59. The molecule has 1 nitrogen and oxygen atoms in total. The zero-order valence-electron chi connectivity index (χ0n) is 34.3. The summed E-state index contributed by atoms with van der Waals surface area (Å²) in [7, 11) is -1.48. The Hall–Kier alpha value is -5.44. The molecule has 276 valence electrons. The van der Waals surface area contributed by atoms with Crippen molar-refractivity contribution in [2.45, 2.75) is 77.4 Å². The molecule has 0 saturated carbocycles. The molecule has 7 aromatic rings. The van der Waals surface area contributed by atoms with Crippen molar-refractivity contribution in [3.05, 3.63) is 179 Å². The quantitative estimate of drug-likeness (QED) is 0.159. The third-order valence-electron chi connectivity index (χ3n) is 13.6. The molecule has 0 fully saturated rings. The molecule has 3 aliphatic rings. The summed E-state index contributed by atoms with van der Waals surface area (Å²) >= 11 is 0. The smallest absolute Gasteiger partial charge is 0.0776 e. The number of fused-ring (bicyclic) bond motifs is 9. The van der Waals surface area contributed by atoms with Crippen LogP contribution < -0.4 is 10.1 Å². The average molecular weight is 742 g/mol.